The Bertz CT molecular complexity index is 1070. The van der Waals surface area contributed by atoms with Gasteiger partial charge in [0.05, 0.1) is 5.39 Å². The van der Waals surface area contributed by atoms with Crippen LogP contribution < -0.4 is 10.9 Å². The van der Waals surface area contributed by atoms with Crippen molar-refractivity contribution in [3.8, 4) is 17.1 Å². The predicted molar refractivity (Wildman–Crippen MR) is 94.3 cm³/mol. The average molecular weight is 353 g/mol. The molecular weight excluding hydrogens is 338 g/mol. The highest BCUT2D eigenvalue weighted by Gasteiger charge is 2.21. The molecule has 0 spiro atoms. The second-order valence-electron chi connectivity index (χ2n) is 5.77. The first kappa shape index (κ1) is 17.2. The summed E-state index contributed by atoms with van der Waals surface area (Å²) in [6, 6.07) is 12.4. The molecule has 0 aliphatic heterocycles. The topological polar surface area (TPSA) is 117 Å². The van der Waals surface area contributed by atoms with E-state index in [0.29, 0.717) is 0 Å². The van der Waals surface area contributed by atoms with Crippen LogP contribution in [0.4, 0.5) is 0 Å². The van der Waals surface area contributed by atoms with E-state index in [1.807, 2.05) is 31.2 Å². The summed E-state index contributed by atoms with van der Waals surface area (Å²) < 4.78 is 4.70. The fourth-order valence-corrected chi connectivity index (χ4v) is 2.63. The molecule has 0 aliphatic rings. The first-order chi connectivity index (χ1) is 12.4. The molecule has 7 heteroatoms. The molecule has 2 aromatic carbocycles. The maximum atomic E-state index is 12.3. The molecule has 0 bridgehead atoms. The molecule has 1 heterocycles. The maximum absolute atomic E-state index is 12.3. The fraction of sp³-hybridized carbons (Fsp3) is 0.105. The van der Waals surface area contributed by atoms with Crippen molar-refractivity contribution in [2.24, 2.45) is 0 Å². The number of hydrogen-bond donors (Lipinski definition) is 3. The van der Waals surface area contributed by atoms with Gasteiger partial charge in [-0.25, -0.2) is 4.79 Å². The summed E-state index contributed by atoms with van der Waals surface area (Å²) in [6.07, 6.45) is 0. The summed E-state index contributed by atoms with van der Waals surface area (Å²) in [4.78, 5) is 34.9. The van der Waals surface area contributed by atoms with E-state index < -0.39 is 30.0 Å². The first-order valence-electron chi connectivity index (χ1n) is 7.73. The molecule has 1 amide bonds. The van der Waals surface area contributed by atoms with Gasteiger partial charge in [-0.2, -0.15) is 0 Å². The molecule has 0 unspecified atom stereocenters. The quantitative estimate of drug-likeness (QED) is 0.662. The molecule has 3 N–H and O–H groups in total. The summed E-state index contributed by atoms with van der Waals surface area (Å²) in [5.41, 5.74) is 1.61. The number of hydrogen-bond acceptors (Lipinski definition) is 5. The van der Waals surface area contributed by atoms with Gasteiger partial charge in [-0.1, -0.05) is 35.9 Å². The van der Waals surface area contributed by atoms with Crippen LogP contribution >= 0.6 is 0 Å². The zero-order valence-corrected chi connectivity index (χ0v) is 13.8. The van der Waals surface area contributed by atoms with Crippen LogP contribution in [0.25, 0.3) is 21.9 Å². The molecule has 1 aromatic heterocycles. The third-order valence-electron chi connectivity index (χ3n) is 3.92. The molecule has 0 radical (unpaired) electrons. The predicted octanol–water partition coefficient (Wildman–Crippen LogP) is 2.29. The minimum absolute atomic E-state index is 0.110. The third kappa shape index (κ3) is 3.27. The number of carboxylic acids is 1. The first-order valence-corrected chi connectivity index (χ1v) is 7.73. The molecule has 3 rings (SSSR count). The lowest BCUT2D eigenvalue weighted by Gasteiger charge is -2.09. The van der Waals surface area contributed by atoms with Gasteiger partial charge in [0.2, 0.25) is 0 Å². The monoisotopic (exact) mass is 353 g/mol. The van der Waals surface area contributed by atoms with Crippen LogP contribution in [0.5, 0.6) is 5.95 Å². The maximum Gasteiger partial charge on any atom is 0.346 e. The third-order valence-corrected chi connectivity index (χ3v) is 3.92. The number of amides is 1. The lowest BCUT2D eigenvalue weighted by atomic mass is 9.99. The van der Waals surface area contributed by atoms with Crippen molar-refractivity contribution in [2.75, 3.05) is 6.54 Å². The van der Waals surface area contributed by atoms with Gasteiger partial charge in [-0.3, -0.25) is 9.59 Å². The van der Waals surface area contributed by atoms with Crippen LogP contribution in [0.15, 0.2) is 51.7 Å². The number of carbonyl (C=O) groups excluding carboxylic acids is 1. The second kappa shape index (κ2) is 6.72. The number of carboxylic acid groups (broad SMARTS) is 1. The van der Waals surface area contributed by atoms with Gasteiger partial charge in [0.25, 0.3) is 11.9 Å². The zero-order chi connectivity index (χ0) is 18.8. The average Bonchev–Trinajstić information content (AvgIpc) is 2.60. The highest BCUT2D eigenvalue weighted by Crippen LogP contribution is 2.29. The molecule has 0 fully saturated rings. The number of carbonyl (C=O) groups is 2. The van der Waals surface area contributed by atoms with Gasteiger partial charge in [-0.05, 0) is 30.2 Å². The zero-order valence-electron chi connectivity index (χ0n) is 13.8. The lowest BCUT2D eigenvalue weighted by Crippen LogP contribution is -2.29. The fourth-order valence-electron chi connectivity index (χ4n) is 2.63. The van der Waals surface area contributed by atoms with Gasteiger partial charge < -0.3 is 19.9 Å². The molecule has 0 saturated carbocycles. The molecule has 132 valence electrons. The standard InChI is InChI=1S/C19H15NO6/c1-10-2-4-11(5-3-10)12-6-7-13-14(8-12)16(19(25)26-18(13)24)17(23)20-9-15(21)22/h2-8,25H,9H2,1H3,(H,20,23)(H,21,22). The van der Waals surface area contributed by atoms with E-state index in [-0.39, 0.29) is 16.3 Å². The number of nitrogens with one attached hydrogen (secondary N) is 1. The van der Waals surface area contributed by atoms with Gasteiger partial charge >= 0.3 is 11.6 Å². The summed E-state index contributed by atoms with van der Waals surface area (Å²) in [7, 11) is 0. The van der Waals surface area contributed by atoms with Gasteiger partial charge in [0, 0.05) is 5.39 Å². The van der Waals surface area contributed by atoms with Gasteiger partial charge in [0.1, 0.15) is 12.1 Å². The van der Waals surface area contributed by atoms with E-state index in [0.717, 1.165) is 16.7 Å². The number of aromatic hydroxyl groups is 1. The normalized spacial score (nSPS) is 10.7. The van der Waals surface area contributed by atoms with E-state index in [9.17, 15) is 19.5 Å². The largest absolute Gasteiger partial charge is 0.480 e. The van der Waals surface area contributed by atoms with Crippen molar-refractivity contribution in [1.29, 1.82) is 0 Å². The molecule has 3 aromatic rings. The van der Waals surface area contributed by atoms with E-state index in [2.05, 4.69) is 5.32 Å². The Morgan fingerprint density at radius 2 is 1.69 bits per heavy atom. The Labute approximate surface area is 147 Å². The van der Waals surface area contributed by atoms with Crippen LogP contribution in [-0.4, -0.2) is 28.6 Å². The van der Waals surface area contributed by atoms with E-state index in [4.69, 9.17) is 9.52 Å². The number of aliphatic carboxylic acids is 1. The highest BCUT2D eigenvalue weighted by molar-refractivity contribution is 6.09. The smallest absolute Gasteiger partial charge is 0.346 e. The molecule has 26 heavy (non-hydrogen) atoms. The van der Waals surface area contributed by atoms with E-state index in [1.54, 1.807) is 12.1 Å². The van der Waals surface area contributed by atoms with Crippen LogP contribution in [0.1, 0.15) is 15.9 Å². The summed E-state index contributed by atoms with van der Waals surface area (Å²) in [5, 5.41) is 21.1. The Kier molecular flexibility index (Phi) is 4.45. The Morgan fingerprint density at radius 3 is 2.35 bits per heavy atom. The van der Waals surface area contributed by atoms with Crippen molar-refractivity contribution in [3.63, 3.8) is 0 Å². The van der Waals surface area contributed by atoms with Crippen LogP contribution in [0.2, 0.25) is 0 Å². The molecule has 0 atom stereocenters. The second-order valence-corrected chi connectivity index (χ2v) is 5.77. The Morgan fingerprint density at radius 1 is 1.04 bits per heavy atom. The molecule has 0 saturated heterocycles. The molecule has 7 nitrogen and oxygen atoms in total. The number of rotatable bonds is 4. The van der Waals surface area contributed by atoms with Crippen molar-refractivity contribution in [3.05, 3.63) is 64.0 Å². The van der Waals surface area contributed by atoms with E-state index >= 15 is 0 Å². The summed E-state index contributed by atoms with van der Waals surface area (Å²) >= 11 is 0. The minimum Gasteiger partial charge on any atom is -0.480 e. The summed E-state index contributed by atoms with van der Waals surface area (Å²) in [5.74, 6) is -2.94. The molecular formula is C19H15NO6. The van der Waals surface area contributed by atoms with E-state index in [1.165, 1.54) is 6.07 Å². The number of aryl methyl sites for hydroxylation is 1. The van der Waals surface area contributed by atoms with Crippen molar-refractivity contribution in [1.82, 2.24) is 5.32 Å². The Hall–Kier alpha value is -3.61. The van der Waals surface area contributed by atoms with Crippen molar-refractivity contribution in [2.45, 2.75) is 6.92 Å². The van der Waals surface area contributed by atoms with Crippen molar-refractivity contribution >= 4 is 22.6 Å². The number of fused-ring (bicyclic) bond motifs is 1. The van der Waals surface area contributed by atoms with Crippen LogP contribution in [-0.2, 0) is 4.79 Å². The highest BCUT2D eigenvalue weighted by atomic mass is 16.5. The van der Waals surface area contributed by atoms with Gasteiger partial charge in [0.15, 0.2) is 0 Å². The van der Waals surface area contributed by atoms with Crippen LogP contribution in [0, 0.1) is 6.92 Å². The SMILES string of the molecule is Cc1ccc(-c2ccc3c(=O)oc(O)c(C(=O)NCC(=O)O)c3c2)cc1. The van der Waals surface area contributed by atoms with Crippen LogP contribution in [0.3, 0.4) is 0 Å². The lowest BCUT2D eigenvalue weighted by molar-refractivity contribution is -0.135. The summed E-state index contributed by atoms with van der Waals surface area (Å²) in [6.45, 7) is 1.33. The minimum atomic E-state index is -1.24. The Balaban J connectivity index is 2.18. The molecule has 0 aliphatic carbocycles. The number of benzene rings is 2. The van der Waals surface area contributed by atoms with Crippen molar-refractivity contribution < 1.29 is 24.2 Å². The van der Waals surface area contributed by atoms with Gasteiger partial charge in [-0.15, -0.1) is 0 Å².